The molecule has 19 heavy (non-hydrogen) atoms. The highest BCUT2D eigenvalue weighted by molar-refractivity contribution is 9.10. The SMILES string of the molecule is CN(c1cc(Br)ccc1C(N)=S)C1CCCCC1O. The first kappa shape index (κ1) is 14.8. The molecule has 1 aromatic carbocycles. The lowest BCUT2D eigenvalue weighted by molar-refractivity contribution is 0.106. The van der Waals surface area contributed by atoms with Gasteiger partial charge in [0.25, 0.3) is 0 Å². The van der Waals surface area contributed by atoms with Gasteiger partial charge < -0.3 is 15.7 Å². The summed E-state index contributed by atoms with van der Waals surface area (Å²) in [5.74, 6) is 0. The zero-order chi connectivity index (χ0) is 14.0. The summed E-state index contributed by atoms with van der Waals surface area (Å²) in [7, 11) is 2.00. The monoisotopic (exact) mass is 342 g/mol. The maximum Gasteiger partial charge on any atom is 0.106 e. The van der Waals surface area contributed by atoms with Crippen LogP contribution in [0.1, 0.15) is 31.2 Å². The number of halogens is 1. The Bertz CT molecular complexity index is 481. The number of nitrogens with two attached hydrogens (primary N) is 1. The summed E-state index contributed by atoms with van der Waals surface area (Å²) in [4.78, 5) is 2.50. The Morgan fingerprint density at radius 1 is 1.42 bits per heavy atom. The summed E-state index contributed by atoms with van der Waals surface area (Å²) < 4.78 is 0.986. The van der Waals surface area contributed by atoms with Gasteiger partial charge in [0.15, 0.2) is 0 Å². The lowest BCUT2D eigenvalue weighted by Gasteiger charge is -2.37. The number of hydrogen-bond donors (Lipinski definition) is 2. The van der Waals surface area contributed by atoms with Crippen LogP contribution < -0.4 is 10.6 Å². The molecule has 1 fully saturated rings. The number of rotatable bonds is 3. The molecule has 2 rings (SSSR count). The molecule has 0 saturated heterocycles. The topological polar surface area (TPSA) is 49.5 Å². The molecule has 0 spiro atoms. The molecule has 1 aliphatic carbocycles. The van der Waals surface area contributed by atoms with E-state index in [0.29, 0.717) is 4.99 Å². The quantitative estimate of drug-likeness (QED) is 0.829. The highest BCUT2D eigenvalue weighted by atomic mass is 79.9. The molecular weight excluding hydrogens is 324 g/mol. The van der Waals surface area contributed by atoms with E-state index in [0.717, 1.165) is 41.4 Å². The van der Waals surface area contributed by atoms with Gasteiger partial charge in [-0.2, -0.15) is 0 Å². The largest absolute Gasteiger partial charge is 0.391 e. The van der Waals surface area contributed by atoms with Crippen molar-refractivity contribution in [2.75, 3.05) is 11.9 Å². The van der Waals surface area contributed by atoms with Gasteiger partial charge >= 0.3 is 0 Å². The second kappa shape index (κ2) is 6.20. The Kier molecular flexibility index (Phi) is 4.81. The minimum Gasteiger partial charge on any atom is -0.391 e. The van der Waals surface area contributed by atoms with Crippen molar-refractivity contribution >= 4 is 38.8 Å². The minimum absolute atomic E-state index is 0.135. The van der Waals surface area contributed by atoms with Gasteiger partial charge in [-0.25, -0.2) is 0 Å². The average Bonchev–Trinajstić information content (AvgIpc) is 2.38. The fourth-order valence-electron chi connectivity index (χ4n) is 2.73. The van der Waals surface area contributed by atoms with Crippen LogP contribution in [-0.2, 0) is 0 Å². The van der Waals surface area contributed by atoms with Crippen molar-refractivity contribution in [3.05, 3.63) is 28.2 Å². The summed E-state index contributed by atoms with van der Waals surface area (Å²) in [6.45, 7) is 0. The van der Waals surface area contributed by atoms with Crippen molar-refractivity contribution < 1.29 is 5.11 Å². The summed E-state index contributed by atoms with van der Waals surface area (Å²) in [5, 5.41) is 10.2. The number of benzene rings is 1. The zero-order valence-corrected chi connectivity index (χ0v) is 13.4. The van der Waals surface area contributed by atoms with Crippen molar-refractivity contribution in [1.29, 1.82) is 0 Å². The van der Waals surface area contributed by atoms with Gasteiger partial charge in [0.2, 0.25) is 0 Å². The summed E-state index contributed by atoms with van der Waals surface area (Å²) in [6, 6.07) is 6.00. The van der Waals surface area contributed by atoms with E-state index in [2.05, 4.69) is 20.8 Å². The van der Waals surface area contributed by atoms with E-state index in [9.17, 15) is 5.11 Å². The maximum absolute atomic E-state index is 10.2. The van der Waals surface area contributed by atoms with Gasteiger partial charge in [0.05, 0.1) is 12.1 Å². The highest BCUT2D eigenvalue weighted by Gasteiger charge is 2.28. The smallest absolute Gasteiger partial charge is 0.106 e. The molecule has 0 heterocycles. The Hall–Kier alpha value is -0.650. The zero-order valence-electron chi connectivity index (χ0n) is 11.0. The fraction of sp³-hybridized carbons (Fsp3) is 0.500. The normalized spacial score (nSPS) is 23.1. The summed E-state index contributed by atoms with van der Waals surface area (Å²) in [5.41, 5.74) is 7.63. The van der Waals surface area contributed by atoms with Crippen molar-refractivity contribution in [3.63, 3.8) is 0 Å². The molecule has 2 unspecified atom stereocenters. The van der Waals surface area contributed by atoms with Crippen molar-refractivity contribution in [2.24, 2.45) is 5.73 Å². The van der Waals surface area contributed by atoms with E-state index in [4.69, 9.17) is 18.0 Å². The minimum atomic E-state index is -0.281. The van der Waals surface area contributed by atoms with Crippen LogP contribution in [0.25, 0.3) is 0 Å². The lowest BCUT2D eigenvalue weighted by atomic mass is 9.91. The van der Waals surface area contributed by atoms with Crippen LogP contribution in [0.2, 0.25) is 0 Å². The van der Waals surface area contributed by atoms with Gasteiger partial charge in [-0.15, -0.1) is 0 Å². The molecule has 0 aliphatic heterocycles. The number of nitrogens with zero attached hydrogens (tertiary/aromatic N) is 1. The molecule has 5 heteroatoms. The number of aliphatic hydroxyl groups is 1. The van der Waals surface area contributed by atoms with E-state index in [1.54, 1.807) is 0 Å². The van der Waals surface area contributed by atoms with Gasteiger partial charge in [-0.05, 0) is 31.0 Å². The third kappa shape index (κ3) is 3.27. The Balaban J connectivity index is 2.34. The van der Waals surface area contributed by atoms with E-state index in [1.807, 2.05) is 25.2 Å². The Morgan fingerprint density at radius 2 is 2.11 bits per heavy atom. The predicted octanol–water partition coefficient (Wildman–Crippen LogP) is 2.82. The van der Waals surface area contributed by atoms with E-state index in [-0.39, 0.29) is 12.1 Å². The number of anilines is 1. The van der Waals surface area contributed by atoms with E-state index < -0.39 is 0 Å². The summed E-state index contributed by atoms with van der Waals surface area (Å²) >= 11 is 8.60. The summed E-state index contributed by atoms with van der Waals surface area (Å²) in [6.07, 6.45) is 3.85. The van der Waals surface area contributed by atoms with E-state index in [1.165, 1.54) is 0 Å². The van der Waals surface area contributed by atoms with Crippen LogP contribution in [0.3, 0.4) is 0 Å². The second-order valence-corrected chi connectivity index (χ2v) is 6.41. The van der Waals surface area contributed by atoms with Crippen molar-refractivity contribution in [1.82, 2.24) is 0 Å². The van der Waals surface area contributed by atoms with Crippen LogP contribution in [0.4, 0.5) is 5.69 Å². The highest BCUT2D eigenvalue weighted by Crippen LogP contribution is 2.30. The Morgan fingerprint density at radius 3 is 2.74 bits per heavy atom. The fourth-order valence-corrected chi connectivity index (χ4v) is 3.25. The molecule has 0 aromatic heterocycles. The van der Waals surface area contributed by atoms with Gasteiger partial charge in [0.1, 0.15) is 4.99 Å². The first-order valence-electron chi connectivity index (χ1n) is 6.51. The lowest BCUT2D eigenvalue weighted by Crippen LogP contribution is -2.44. The van der Waals surface area contributed by atoms with Crippen molar-refractivity contribution in [3.8, 4) is 0 Å². The first-order valence-corrected chi connectivity index (χ1v) is 7.71. The molecule has 0 bridgehead atoms. The van der Waals surface area contributed by atoms with Crippen LogP contribution in [0.15, 0.2) is 22.7 Å². The molecule has 3 nitrogen and oxygen atoms in total. The molecule has 2 atom stereocenters. The van der Waals surface area contributed by atoms with Crippen LogP contribution in [0, 0.1) is 0 Å². The number of thiocarbonyl (C=S) groups is 1. The Labute approximate surface area is 127 Å². The first-order chi connectivity index (χ1) is 9.00. The van der Waals surface area contributed by atoms with Crippen LogP contribution >= 0.6 is 28.1 Å². The maximum atomic E-state index is 10.2. The number of likely N-dealkylation sites (N-methyl/N-ethyl adjacent to an activating group) is 1. The molecule has 0 radical (unpaired) electrons. The van der Waals surface area contributed by atoms with Crippen LogP contribution in [0.5, 0.6) is 0 Å². The van der Waals surface area contributed by atoms with Crippen LogP contribution in [-0.4, -0.2) is 29.3 Å². The molecule has 1 aliphatic rings. The number of hydrogen-bond acceptors (Lipinski definition) is 3. The van der Waals surface area contributed by atoms with Gasteiger partial charge in [-0.1, -0.05) is 41.0 Å². The van der Waals surface area contributed by atoms with E-state index >= 15 is 0 Å². The third-order valence-electron chi connectivity index (χ3n) is 3.80. The number of aliphatic hydroxyl groups excluding tert-OH is 1. The van der Waals surface area contributed by atoms with Crippen molar-refractivity contribution in [2.45, 2.75) is 37.8 Å². The molecule has 1 saturated carbocycles. The standard InChI is InChI=1S/C14H19BrN2OS/c1-17(11-4-2-3-5-13(11)18)12-8-9(15)6-7-10(12)14(16)19/h6-8,11,13,18H,2-5H2,1H3,(H2,16,19). The van der Waals surface area contributed by atoms with Gasteiger partial charge in [-0.3, -0.25) is 0 Å². The third-order valence-corrected chi connectivity index (χ3v) is 4.51. The average molecular weight is 343 g/mol. The molecule has 0 amide bonds. The molecule has 3 N–H and O–H groups in total. The molecular formula is C14H19BrN2OS. The predicted molar refractivity (Wildman–Crippen MR) is 86.7 cm³/mol. The molecule has 1 aromatic rings. The molecule has 104 valence electrons. The van der Waals surface area contributed by atoms with Gasteiger partial charge in [0, 0.05) is 22.8 Å². The second-order valence-electron chi connectivity index (χ2n) is 5.06.